The number of sulfone groups is 1. The lowest BCUT2D eigenvalue weighted by Crippen LogP contribution is -2.40. The van der Waals surface area contributed by atoms with Crippen molar-refractivity contribution in [2.24, 2.45) is 11.3 Å². The monoisotopic (exact) mass is 393 g/mol. The van der Waals surface area contributed by atoms with Crippen molar-refractivity contribution in [2.45, 2.75) is 49.7 Å². The third kappa shape index (κ3) is 3.88. The first-order chi connectivity index (χ1) is 12.7. The van der Waals surface area contributed by atoms with Gasteiger partial charge in [-0.25, -0.2) is 8.42 Å². The van der Waals surface area contributed by atoms with Crippen LogP contribution in [0, 0.1) is 11.3 Å². The fourth-order valence-corrected chi connectivity index (χ4v) is 4.99. The Hall–Kier alpha value is -1.89. The van der Waals surface area contributed by atoms with Crippen LogP contribution in [0.15, 0.2) is 29.2 Å². The van der Waals surface area contributed by atoms with E-state index in [1.165, 1.54) is 7.11 Å². The molecule has 0 radical (unpaired) electrons. The van der Waals surface area contributed by atoms with Gasteiger partial charge in [0.2, 0.25) is 5.91 Å². The first kappa shape index (κ1) is 19.9. The van der Waals surface area contributed by atoms with Crippen LogP contribution in [0.25, 0.3) is 0 Å². The van der Waals surface area contributed by atoms with Gasteiger partial charge in [0.05, 0.1) is 29.6 Å². The average molecular weight is 394 g/mol. The zero-order valence-corrected chi connectivity index (χ0v) is 16.9. The summed E-state index contributed by atoms with van der Waals surface area (Å²) >= 11 is 0. The Kier molecular flexibility index (Phi) is 5.34. The summed E-state index contributed by atoms with van der Waals surface area (Å²) in [5.74, 6) is -0.0963. The number of methoxy groups -OCH3 is 1. The molecule has 1 heterocycles. The smallest absolute Gasteiger partial charge is 0.309 e. The Balaban J connectivity index is 1.55. The molecule has 3 rings (SSSR count). The molecule has 1 aromatic carbocycles. The van der Waals surface area contributed by atoms with Crippen LogP contribution in [-0.4, -0.2) is 50.6 Å². The molecule has 1 aliphatic carbocycles. The van der Waals surface area contributed by atoms with Gasteiger partial charge in [-0.05, 0) is 56.2 Å². The number of amides is 1. The minimum absolute atomic E-state index is 0.00444. The molecular formula is C20H27NO5S. The maximum Gasteiger partial charge on any atom is 0.309 e. The predicted molar refractivity (Wildman–Crippen MR) is 101 cm³/mol. The molecule has 6 nitrogen and oxygen atoms in total. The molecule has 1 unspecified atom stereocenters. The van der Waals surface area contributed by atoms with Crippen molar-refractivity contribution in [1.82, 2.24) is 4.90 Å². The van der Waals surface area contributed by atoms with E-state index in [-0.39, 0.29) is 34.5 Å². The number of piperidine rings is 1. The normalized spacial score (nSPS) is 21.3. The van der Waals surface area contributed by atoms with Crippen molar-refractivity contribution in [3.63, 3.8) is 0 Å². The number of likely N-dealkylation sites (tertiary alicyclic amines) is 1. The molecule has 1 atom stereocenters. The maximum atomic E-state index is 12.6. The molecule has 1 aliphatic heterocycles. The highest BCUT2D eigenvalue weighted by atomic mass is 32.2. The number of hydrogen-bond acceptors (Lipinski definition) is 5. The van der Waals surface area contributed by atoms with Gasteiger partial charge in [-0.2, -0.15) is 0 Å². The molecule has 0 aromatic heterocycles. The molecule has 1 spiro atoms. The molecular weight excluding hydrogens is 366 g/mol. The zero-order valence-electron chi connectivity index (χ0n) is 16.1. The van der Waals surface area contributed by atoms with E-state index in [0.29, 0.717) is 13.1 Å². The highest BCUT2D eigenvalue weighted by Crippen LogP contribution is 2.59. The van der Waals surface area contributed by atoms with Gasteiger partial charge in [0.15, 0.2) is 9.84 Å². The lowest BCUT2D eigenvalue weighted by molar-refractivity contribution is -0.143. The van der Waals surface area contributed by atoms with Crippen LogP contribution in [0.2, 0.25) is 0 Å². The number of esters is 1. The third-order valence-electron chi connectivity index (χ3n) is 6.02. The van der Waals surface area contributed by atoms with Crippen LogP contribution in [0.3, 0.4) is 0 Å². The maximum absolute atomic E-state index is 12.6. The van der Waals surface area contributed by atoms with Crippen LogP contribution in [-0.2, 0) is 30.6 Å². The molecule has 1 aromatic rings. The molecule has 0 bridgehead atoms. The first-order valence-electron chi connectivity index (χ1n) is 9.38. The number of hydrogen-bond donors (Lipinski definition) is 0. The van der Waals surface area contributed by atoms with Gasteiger partial charge < -0.3 is 9.64 Å². The quantitative estimate of drug-likeness (QED) is 0.717. The lowest BCUT2D eigenvalue weighted by Gasteiger charge is -2.32. The van der Waals surface area contributed by atoms with Crippen molar-refractivity contribution >= 4 is 21.7 Å². The standard InChI is InChI=1S/C20H27NO5S/c1-14(2)27(24,25)16-6-4-15(5-7-16)12-18(22)21-10-8-20(9-11-21)13-17(20)19(23)26-3/h4-7,14,17H,8-13H2,1-3H3. The second-order valence-corrected chi connectivity index (χ2v) is 10.4. The van der Waals surface area contributed by atoms with Crippen molar-refractivity contribution in [2.75, 3.05) is 20.2 Å². The largest absolute Gasteiger partial charge is 0.469 e. The highest BCUT2D eigenvalue weighted by Gasteiger charge is 2.59. The summed E-state index contributed by atoms with van der Waals surface area (Å²) in [7, 11) is -1.87. The van der Waals surface area contributed by atoms with Gasteiger partial charge in [0, 0.05) is 13.1 Å². The summed E-state index contributed by atoms with van der Waals surface area (Å²) in [6.45, 7) is 4.62. The lowest BCUT2D eigenvalue weighted by atomic mass is 9.90. The second kappa shape index (κ2) is 7.26. The summed E-state index contributed by atoms with van der Waals surface area (Å²) in [5.41, 5.74) is 0.846. The summed E-state index contributed by atoms with van der Waals surface area (Å²) in [6.07, 6.45) is 2.80. The van der Waals surface area contributed by atoms with E-state index < -0.39 is 15.1 Å². The van der Waals surface area contributed by atoms with Crippen LogP contribution in [0.1, 0.15) is 38.7 Å². The SMILES string of the molecule is COC(=O)C1CC12CCN(C(=O)Cc1ccc(S(=O)(=O)C(C)C)cc1)CC2. The van der Waals surface area contributed by atoms with Gasteiger partial charge in [-0.15, -0.1) is 0 Å². The number of ether oxygens (including phenoxy) is 1. The van der Waals surface area contributed by atoms with Crippen molar-refractivity contribution in [1.29, 1.82) is 0 Å². The van der Waals surface area contributed by atoms with Gasteiger partial charge in [0.25, 0.3) is 0 Å². The van der Waals surface area contributed by atoms with E-state index in [4.69, 9.17) is 4.74 Å². The van der Waals surface area contributed by atoms with E-state index in [2.05, 4.69) is 0 Å². The number of carbonyl (C=O) groups is 2. The Bertz CT molecular complexity index is 820. The summed E-state index contributed by atoms with van der Waals surface area (Å²) in [4.78, 5) is 26.4. The van der Waals surface area contributed by atoms with Crippen molar-refractivity contribution in [3.8, 4) is 0 Å². The van der Waals surface area contributed by atoms with Crippen LogP contribution >= 0.6 is 0 Å². The number of benzene rings is 1. The van der Waals surface area contributed by atoms with E-state index in [0.717, 1.165) is 24.8 Å². The minimum atomic E-state index is -3.30. The molecule has 0 N–H and O–H groups in total. The molecule has 27 heavy (non-hydrogen) atoms. The van der Waals surface area contributed by atoms with Crippen LogP contribution in [0.4, 0.5) is 0 Å². The first-order valence-corrected chi connectivity index (χ1v) is 10.9. The molecule has 148 valence electrons. The molecule has 1 saturated carbocycles. The molecule has 2 aliphatic rings. The average Bonchev–Trinajstić information content (AvgIpc) is 3.35. The zero-order chi connectivity index (χ0) is 19.8. The van der Waals surface area contributed by atoms with E-state index >= 15 is 0 Å². The molecule has 1 saturated heterocycles. The Morgan fingerprint density at radius 1 is 1.19 bits per heavy atom. The van der Waals surface area contributed by atoms with Crippen LogP contribution in [0.5, 0.6) is 0 Å². The Morgan fingerprint density at radius 3 is 2.30 bits per heavy atom. The van der Waals surface area contributed by atoms with Crippen LogP contribution < -0.4 is 0 Å². The number of carbonyl (C=O) groups excluding carboxylic acids is 2. The molecule has 2 fully saturated rings. The van der Waals surface area contributed by atoms with Gasteiger partial charge >= 0.3 is 5.97 Å². The second-order valence-electron chi connectivity index (χ2n) is 7.94. The Labute approximate surface area is 160 Å². The number of nitrogens with zero attached hydrogens (tertiary/aromatic N) is 1. The number of rotatable bonds is 5. The Morgan fingerprint density at radius 2 is 1.78 bits per heavy atom. The predicted octanol–water partition coefficient (Wildman–Crippen LogP) is 2.21. The summed E-state index contributed by atoms with van der Waals surface area (Å²) < 4.78 is 29.2. The van der Waals surface area contributed by atoms with E-state index in [1.54, 1.807) is 38.1 Å². The minimum Gasteiger partial charge on any atom is -0.469 e. The summed E-state index contributed by atoms with van der Waals surface area (Å²) in [5, 5.41) is -0.470. The summed E-state index contributed by atoms with van der Waals surface area (Å²) in [6, 6.07) is 6.59. The van der Waals surface area contributed by atoms with Crippen molar-refractivity contribution < 1.29 is 22.7 Å². The van der Waals surface area contributed by atoms with E-state index in [9.17, 15) is 18.0 Å². The van der Waals surface area contributed by atoms with Gasteiger partial charge in [-0.1, -0.05) is 12.1 Å². The fraction of sp³-hybridized carbons (Fsp3) is 0.600. The highest BCUT2D eigenvalue weighted by molar-refractivity contribution is 7.92. The topological polar surface area (TPSA) is 80.8 Å². The van der Waals surface area contributed by atoms with E-state index in [1.807, 2.05) is 4.90 Å². The molecule has 1 amide bonds. The van der Waals surface area contributed by atoms with Crippen molar-refractivity contribution in [3.05, 3.63) is 29.8 Å². The third-order valence-corrected chi connectivity index (χ3v) is 8.19. The fourth-order valence-electron chi connectivity index (χ4n) is 3.93. The van der Waals surface area contributed by atoms with Gasteiger partial charge in [-0.3, -0.25) is 9.59 Å². The molecule has 7 heteroatoms. The van der Waals surface area contributed by atoms with Gasteiger partial charge in [0.1, 0.15) is 0 Å².